The molecule has 3 rings (SSSR count). The first-order chi connectivity index (χ1) is 12.2. The van der Waals surface area contributed by atoms with Crippen LogP contribution in [0, 0.1) is 0 Å². The molecule has 7 nitrogen and oxygen atoms in total. The van der Waals surface area contributed by atoms with Crippen LogP contribution in [0.1, 0.15) is 25.3 Å². The third kappa shape index (κ3) is 3.15. The number of fused-ring (bicyclic) bond motifs is 1. The lowest BCUT2D eigenvalue weighted by atomic mass is 10.0. The maximum Gasteiger partial charge on any atom is 0.314 e. The van der Waals surface area contributed by atoms with E-state index >= 15 is 0 Å². The largest absolute Gasteiger partial charge is 0.316 e. The molecular formula is C18H19N3O4S. The molecule has 0 atom stereocenters. The fraction of sp³-hybridized carbons (Fsp3) is 0.222. The average Bonchev–Trinajstić information content (AvgIpc) is 2.61. The van der Waals surface area contributed by atoms with Gasteiger partial charge in [0.25, 0.3) is 10.0 Å². The molecule has 136 valence electrons. The van der Waals surface area contributed by atoms with Crippen molar-refractivity contribution in [2.24, 2.45) is 0 Å². The fourth-order valence-corrected chi connectivity index (χ4v) is 3.84. The topological polar surface area (TPSA) is 103 Å². The highest BCUT2D eigenvalue weighted by molar-refractivity contribution is 7.92. The maximum atomic E-state index is 12.9. The smallest absolute Gasteiger partial charge is 0.314 e. The molecule has 2 aromatic carbocycles. The zero-order valence-electron chi connectivity index (χ0n) is 14.6. The van der Waals surface area contributed by atoms with Crippen LogP contribution in [0.3, 0.4) is 0 Å². The molecular weight excluding hydrogens is 354 g/mol. The molecule has 0 aliphatic rings. The Bertz CT molecular complexity index is 1180. The van der Waals surface area contributed by atoms with Gasteiger partial charge in [-0.15, -0.1) is 0 Å². The molecule has 0 aliphatic heterocycles. The Morgan fingerprint density at radius 2 is 1.46 bits per heavy atom. The minimum atomic E-state index is -3.82. The molecule has 0 bridgehead atoms. The molecule has 26 heavy (non-hydrogen) atoms. The molecule has 0 amide bonds. The molecule has 0 radical (unpaired) electrons. The summed E-state index contributed by atoms with van der Waals surface area (Å²) in [6.07, 6.45) is 0. The molecule has 0 saturated carbocycles. The second kappa shape index (κ2) is 6.45. The molecule has 2 N–H and O–H groups in total. The van der Waals surface area contributed by atoms with Gasteiger partial charge in [0.2, 0.25) is 0 Å². The van der Waals surface area contributed by atoms with Crippen molar-refractivity contribution in [3.8, 4) is 0 Å². The Morgan fingerprint density at radius 3 is 2.04 bits per heavy atom. The second-order valence-electron chi connectivity index (χ2n) is 6.33. The first kappa shape index (κ1) is 17.9. The van der Waals surface area contributed by atoms with Gasteiger partial charge in [0.15, 0.2) is 0 Å². The van der Waals surface area contributed by atoms with E-state index in [-0.39, 0.29) is 10.4 Å². The summed E-state index contributed by atoms with van der Waals surface area (Å²) in [5.74, 6) is 0.352. The number of anilines is 1. The Balaban J connectivity index is 2.03. The predicted molar refractivity (Wildman–Crippen MR) is 101 cm³/mol. The SMILES string of the molecule is CC(C)c1ccc(N(C)S(=O)(=O)c2ccc3[nH]c(=O)c(=O)[nH]c3c2)cc1. The van der Waals surface area contributed by atoms with Crippen LogP contribution in [0.15, 0.2) is 56.9 Å². The molecule has 0 unspecified atom stereocenters. The van der Waals surface area contributed by atoms with Gasteiger partial charge < -0.3 is 9.97 Å². The number of rotatable bonds is 4. The molecule has 8 heteroatoms. The van der Waals surface area contributed by atoms with Gasteiger partial charge in [-0.2, -0.15) is 0 Å². The normalized spacial score (nSPS) is 11.8. The van der Waals surface area contributed by atoms with Crippen LogP contribution in [-0.4, -0.2) is 25.4 Å². The second-order valence-corrected chi connectivity index (χ2v) is 8.30. The van der Waals surface area contributed by atoms with Crippen LogP contribution in [0.4, 0.5) is 5.69 Å². The summed E-state index contributed by atoms with van der Waals surface area (Å²) in [6.45, 7) is 4.13. The standard InChI is InChI=1S/C18H19N3O4S/c1-11(2)12-4-6-13(7-5-12)21(3)26(24,25)14-8-9-15-16(10-14)20-18(23)17(22)19-15/h4-11H,1-3H3,(H,19,22)(H,20,23). The summed E-state index contributed by atoms with van der Waals surface area (Å²) in [7, 11) is -2.35. The first-order valence-electron chi connectivity index (χ1n) is 8.05. The number of aromatic nitrogens is 2. The van der Waals surface area contributed by atoms with Gasteiger partial charge in [0.1, 0.15) is 0 Å². The van der Waals surface area contributed by atoms with Crippen molar-refractivity contribution in [2.75, 3.05) is 11.4 Å². The van der Waals surface area contributed by atoms with Gasteiger partial charge in [-0.25, -0.2) is 8.42 Å². The molecule has 3 aromatic rings. The fourth-order valence-electron chi connectivity index (χ4n) is 2.62. The van der Waals surface area contributed by atoms with Gasteiger partial charge in [0, 0.05) is 7.05 Å². The number of aromatic amines is 2. The van der Waals surface area contributed by atoms with E-state index in [2.05, 4.69) is 23.8 Å². The minimum absolute atomic E-state index is 0.0168. The Labute approximate surface area is 150 Å². The van der Waals surface area contributed by atoms with Crippen LogP contribution in [0.2, 0.25) is 0 Å². The van der Waals surface area contributed by atoms with E-state index in [0.29, 0.717) is 17.1 Å². The summed E-state index contributed by atoms with van der Waals surface area (Å²) in [5, 5.41) is 0. The lowest BCUT2D eigenvalue weighted by Gasteiger charge is -2.20. The monoisotopic (exact) mass is 373 g/mol. The van der Waals surface area contributed by atoms with Gasteiger partial charge in [0.05, 0.1) is 21.6 Å². The van der Waals surface area contributed by atoms with Gasteiger partial charge >= 0.3 is 11.1 Å². The number of nitrogens with one attached hydrogen (secondary N) is 2. The van der Waals surface area contributed by atoms with Crippen molar-refractivity contribution in [1.29, 1.82) is 0 Å². The van der Waals surface area contributed by atoms with Crippen molar-refractivity contribution >= 4 is 26.7 Å². The molecule has 1 aromatic heterocycles. The highest BCUT2D eigenvalue weighted by Gasteiger charge is 2.22. The summed E-state index contributed by atoms with van der Waals surface area (Å²) in [5.41, 5.74) is 0.646. The Hall–Kier alpha value is -2.87. The van der Waals surface area contributed by atoms with E-state index in [4.69, 9.17) is 0 Å². The number of nitrogens with zero attached hydrogens (tertiary/aromatic N) is 1. The van der Waals surface area contributed by atoms with Crippen LogP contribution in [-0.2, 0) is 10.0 Å². The van der Waals surface area contributed by atoms with Crippen LogP contribution < -0.4 is 15.4 Å². The van der Waals surface area contributed by atoms with Crippen molar-refractivity contribution in [3.63, 3.8) is 0 Å². The number of hydrogen-bond acceptors (Lipinski definition) is 4. The van der Waals surface area contributed by atoms with Gasteiger partial charge in [-0.3, -0.25) is 13.9 Å². The van der Waals surface area contributed by atoms with Gasteiger partial charge in [-0.1, -0.05) is 26.0 Å². The van der Waals surface area contributed by atoms with Crippen molar-refractivity contribution < 1.29 is 8.42 Å². The van der Waals surface area contributed by atoms with E-state index in [1.165, 1.54) is 29.6 Å². The minimum Gasteiger partial charge on any atom is -0.316 e. The predicted octanol–water partition coefficient (Wildman–Crippen LogP) is 2.16. The quantitative estimate of drug-likeness (QED) is 0.684. The van der Waals surface area contributed by atoms with Crippen LogP contribution in [0.5, 0.6) is 0 Å². The average molecular weight is 373 g/mol. The van der Waals surface area contributed by atoms with E-state index in [9.17, 15) is 18.0 Å². The summed E-state index contributed by atoms with van der Waals surface area (Å²) < 4.78 is 27.0. The number of sulfonamides is 1. The molecule has 0 spiro atoms. The zero-order valence-corrected chi connectivity index (χ0v) is 15.4. The Morgan fingerprint density at radius 1 is 0.885 bits per heavy atom. The number of H-pyrrole nitrogens is 2. The molecule has 0 aliphatic carbocycles. The highest BCUT2D eigenvalue weighted by Crippen LogP contribution is 2.25. The maximum absolute atomic E-state index is 12.9. The van der Waals surface area contributed by atoms with E-state index in [1.807, 2.05) is 12.1 Å². The highest BCUT2D eigenvalue weighted by atomic mass is 32.2. The zero-order chi connectivity index (χ0) is 19.1. The van der Waals surface area contributed by atoms with Crippen molar-refractivity contribution in [1.82, 2.24) is 9.97 Å². The third-order valence-corrected chi connectivity index (χ3v) is 6.06. The number of benzene rings is 2. The molecule has 0 fully saturated rings. The van der Waals surface area contributed by atoms with E-state index in [1.54, 1.807) is 12.1 Å². The van der Waals surface area contributed by atoms with Gasteiger partial charge in [-0.05, 0) is 41.8 Å². The molecule has 1 heterocycles. The van der Waals surface area contributed by atoms with E-state index < -0.39 is 21.1 Å². The van der Waals surface area contributed by atoms with E-state index in [0.717, 1.165) is 5.56 Å². The first-order valence-corrected chi connectivity index (χ1v) is 9.49. The van der Waals surface area contributed by atoms with Crippen molar-refractivity contribution in [2.45, 2.75) is 24.7 Å². The van der Waals surface area contributed by atoms with Crippen LogP contribution in [0.25, 0.3) is 11.0 Å². The lowest BCUT2D eigenvalue weighted by Crippen LogP contribution is -2.29. The van der Waals surface area contributed by atoms with Crippen LogP contribution >= 0.6 is 0 Å². The lowest BCUT2D eigenvalue weighted by molar-refractivity contribution is 0.594. The molecule has 0 saturated heterocycles. The summed E-state index contributed by atoms with van der Waals surface area (Å²) >= 11 is 0. The van der Waals surface area contributed by atoms with Crippen molar-refractivity contribution in [3.05, 3.63) is 68.7 Å². The number of hydrogen-bond donors (Lipinski definition) is 2. The third-order valence-electron chi connectivity index (χ3n) is 4.28. The summed E-state index contributed by atoms with van der Waals surface area (Å²) in [4.78, 5) is 27.6. The Kier molecular flexibility index (Phi) is 4.45. The summed E-state index contributed by atoms with van der Waals surface area (Å²) in [6, 6.07) is 11.5.